The predicted molar refractivity (Wildman–Crippen MR) is 56.0 cm³/mol. The third kappa shape index (κ3) is 5.90. The summed E-state index contributed by atoms with van der Waals surface area (Å²) in [5, 5.41) is 0. The Morgan fingerprint density at radius 2 is 1.56 bits per heavy atom. The number of rotatable bonds is 6. The van der Waals surface area contributed by atoms with Crippen molar-refractivity contribution in [2.24, 2.45) is 5.73 Å². The summed E-state index contributed by atoms with van der Waals surface area (Å²) in [6.45, 7) is 1.05. The van der Waals surface area contributed by atoms with Crippen LogP contribution in [-0.2, 0) is 0 Å². The first-order valence-electron chi connectivity index (χ1n) is 5.66. The zero-order chi connectivity index (χ0) is 14.6. The second-order valence-corrected chi connectivity index (χ2v) is 4.14. The SMILES string of the molecule is CCCN(CC(F)(F)F)C(C(N)CC)C(F)(F)F. The molecule has 0 aliphatic heterocycles. The summed E-state index contributed by atoms with van der Waals surface area (Å²) < 4.78 is 75.3. The van der Waals surface area contributed by atoms with Crippen molar-refractivity contribution in [3.05, 3.63) is 0 Å². The molecule has 2 atom stereocenters. The number of halogens is 6. The van der Waals surface area contributed by atoms with Gasteiger partial charge in [0.2, 0.25) is 0 Å². The molecule has 0 rings (SSSR count). The predicted octanol–water partition coefficient (Wildman–Crippen LogP) is 2.93. The Morgan fingerprint density at radius 1 is 1.06 bits per heavy atom. The number of hydrogen-bond donors (Lipinski definition) is 1. The van der Waals surface area contributed by atoms with E-state index in [4.69, 9.17) is 5.73 Å². The lowest BCUT2D eigenvalue weighted by Gasteiger charge is -2.36. The van der Waals surface area contributed by atoms with Crippen LogP contribution in [0.2, 0.25) is 0 Å². The maximum Gasteiger partial charge on any atom is 0.405 e. The molecule has 0 aromatic carbocycles. The fourth-order valence-corrected chi connectivity index (χ4v) is 1.78. The lowest BCUT2D eigenvalue weighted by atomic mass is 10.0. The van der Waals surface area contributed by atoms with Gasteiger partial charge in [-0.25, -0.2) is 0 Å². The average molecular weight is 280 g/mol. The van der Waals surface area contributed by atoms with Gasteiger partial charge in [0.05, 0.1) is 6.54 Å². The minimum atomic E-state index is -4.77. The first kappa shape index (κ1) is 17.5. The smallest absolute Gasteiger partial charge is 0.326 e. The van der Waals surface area contributed by atoms with Gasteiger partial charge in [0.1, 0.15) is 6.04 Å². The Balaban J connectivity index is 5.10. The van der Waals surface area contributed by atoms with Gasteiger partial charge in [-0.2, -0.15) is 26.3 Å². The quantitative estimate of drug-likeness (QED) is 0.758. The van der Waals surface area contributed by atoms with Gasteiger partial charge in [0.25, 0.3) is 0 Å². The van der Waals surface area contributed by atoms with Crippen LogP contribution in [0.3, 0.4) is 0 Å². The molecule has 18 heavy (non-hydrogen) atoms. The summed E-state index contributed by atoms with van der Waals surface area (Å²) >= 11 is 0. The molecule has 110 valence electrons. The monoisotopic (exact) mass is 280 g/mol. The van der Waals surface area contributed by atoms with Crippen LogP contribution < -0.4 is 5.73 Å². The molecule has 2 N–H and O–H groups in total. The van der Waals surface area contributed by atoms with Crippen molar-refractivity contribution in [3.8, 4) is 0 Å². The highest BCUT2D eigenvalue weighted by Crippen LogP contribution is 2.30. The molecule has 0 amide bonds. The summed E-state index contributed by atoms with van der Waals surface area (Å²) in [7, 11) is 0. The lowest BCUT2D eigenvalue weighted by molar-refractivity contribution is -0.213. The van der Waals surface area contributed by atoms with E-state index in [1.54, 1.807) is 0 Å². The third-order valence-electron chi connectivity index (χ3n) is 2.50. The molecule has 0 fully saturated rings. The van der Waals surface area contributed by atoms with E-state index in [2.05, 4.69) is 0 Å². The van der Waals surface area contributed by atoms with Gasteiger partial charge in [-0.1, -0.05) is 13.8 Å². The fourth-order valence-electron chi connectivity index (χ4n) is 1.78. The molecule has 0 aliphatic carbocycles. The molecule has 0 saturated heterocycles. The van der Waals surface area contributed by atoms with Gasteiger partial charge in [0, 0.05) is 6.04 Å². The molecule has 0 aromatic rings. The highest BCUT2D eigenvalue weighted by Gasteiger charge is 2.48. The van der Waals surface area contributed by atoms with E-state index in [0.29, 0.717) is 4.90 Å². The summed E-state index contributed by atoms with van der Waals surface area (Å²) in [5.41, 5.74) is 5.32. The van der Waals surface area contributed by atoms with Gasteiger partial charge in [-0.3, -0.25) is 4.90 Å². The number of nitrogens with zero attached hydrogens (tertiary/aromatic N) is 1. The minimum Gasteiger partial charge on any atom is -0.326 e. The molecule has 0 saturated carbocycles. The van der Waals surface area contributed by atoms with Crippen molar-refractivity contribution in [2.75, 3.05) is 13.1 Å². The first-order valence-corrected chi connectivity index (χ1v) is 5.66. The topological polar surface area (TPSA) is 29.3 Å². The molecule has 0 spiro atoms. The van der Waals surface area contributed by atoms with E-state index in [9.17, 15) is 26.3 Å². The molecule has 0 radical (unpaired) electrons. The molecule has 0 bridgehead atoms. The van der Waals surface area contributed by atoms with Crippen molar-refractivity contribution in [1.82, 2.24) is 4.90 Å². The Hall–Kier alpha value is -0.500. The number of alkyl halides is 6. The molecule has 0 aromatic heterocycles. The fraction of sp³-hybridized carbons (Fsp3) is 1.00. The van der Waals surface area contributed by atoms with Crippen LogP contribution in [0.15, 0.2) is 0 Å². The first-order chi connectivity index (χ1) is 8.03. The Labute approximate surface area is 102 Å². The van der Waals surface area contributed by atoms with Crippen LogP contribution in [0.25, 0.3) is 0 Å². The lowest BCUT2D eigenvalue weighted by Crippen LogP contribution is -2.58. The number of hydrogen-bond acceptors (Lipinski definition) is 2. The zero-order valence-electron chi connectivity index (χ0n) is 10.3. The summed E-state index contributed by atoms with van der Waals surface area (Å²) in [5.74, 6) is 0. The van der Waals surface area contributed by atoms with Crippen LogP contribution in [-0.4, -0.2) is 42.4 Å². The van der Waals surface area contributed by atoms with Crippen molar-refractivity contribution in [3.63, 3.8) is 0 Å². The van der Waals surface area contributed by atoms with E-state index in [1.807, 2.05) is 0 Å². The van der Waals surface area contributed by atoms with Crippen LogP contribution in [0, 0.1) is 0 Å². The zero-order valence-corrected chi connectivity index (χ0v) is 10.3. The third-order valence-corrected chi connectivity index (χ3v) is 2.50. The second kappa shape index (κ2) is 6.60. The van der Waals surface area contributed by atoms with E-state index < -0.39 is 31.0 Å². The van der Waals surface area contributed by atoms with Crippen LogP contribution >= 0.6 is 0 Å². The van der Waals surface area contributed by atoms with E-state index in [1.165, 1.54) is 13.8 Å². The van der Waals surface area contributed by atoms with Gasteiger partial charge in [0.15, 0.2) is 0 Å². The summed E-state index contributed by atoms with van der Waals surface area (Å²) in [6.07, 6.45) is -9.29. The van der Waals surface area contributed by atoms with Crippen LogP contribution in [0.4, 0.5) is 26.3 Å². The van der Waals surface area contributed by atoms with E-state index >= 15 is 0 Å². The van der Waals surface area contributed by atoms with Gasteiger partial charge >= 0.3 is 12.4 Å². The highest BCUT2D eigenvalue weighted by atomic mass is 19.4. The Morgan fingerprint density at radius 3 is 1.83 bits per heavy atom. The number of nitrogens with two attached hydrogens (primary N) is 1. The largest absolute Gasteiger partial charge is 0.405 e. The van der Waals surface area contributed by atoms with E-state index in [-0.39, 0.29) is 19.4 Å². The molecule has 0 heterocycles. The van der Waals surface area contributed by atoms with Crippen LogP contribution in [0.5, 0.6) is 0 Å². The maximum atomic E-state index is 12.8. The van der Waals surface area contributed by atoms with Crippen molar-refractivity contribution in [2.45, 2.75) is 51.1 Å². The molecular formula is C10H18F6N2. The Bertz CT molecular complexity index is 238. The van der Waals surface area contributed by atoms with Crippen molar-refractivity contribution < 1.29 is 26.3 Å². The molecule has 8 heteroatoms. The summed E-state index contributed by atoms with van der Waals surface area (Å²) in [4.78, 5) is 0.369. The van der Waals surface area contributed by atoms with Crippen molar-refractivity contribution >= 4 is 0 Å². The molecule has 2 unspecified atom stereocenters. The molecule has 0 aliphatic rings. The van der Waals surface area contributed by atoms with Crippen LogP contribution in [0.1, 0.15) is 26.7 Å². The Kier molecular flexibility index (Phi) is 6.42. The molecule has 2 nitrogen and oxygen atoms in total. The molecular weight excluding hydrogens is 262 g/mol. The minimum absolute atomic E-state index is 0.0394. The van der Waals surface area contributed by atoms with Gasteiger partial charge < -0.3 is 5.73 Å². The van der Waals surface area contributed by atoms with Crippen molar-refractivity contribution in [1.29, 1.82) is 0 Å². The average Bonchev–Trinajstić information content (AvgIpc) is 2.13. The van der Waals surface area contributed by atoms with Gasteiger partial charge in [-0.15, -0.1) is 0 Å². The second-order valence-electron chi connectivity index (χ2n) is 4.14. The normalized spacial score (nSPS) is 17.0. The maximum absolute atomic E-state index is 12.8. The summed E-state index contributed by atoms with van der Waals surface area (Å²) in [6, 6.07) is -3.62. The standard InChI is InChI=1S/C10H18F6N2/c1-3-5-18(6-9(11,12)13)8(7(17)4-2)10(14,15)16/h7-8H,3-6,17H2,1-2H3. The van der Waals surface area contributed by atoms with Gasteiger partial charge in [-0.05, 0) is 19.4 Å². The van der Waals surface area contributed by atoms with E-state index in [0.717, 1.165) is 0 Å². The highest BCUT2D eigenvalue weighted by molar-refractivity contribution is 4.88.